The molecule has 0 aromatic heterocycles. The van der Waals surface area contributed by atoms with Gasteiger partial charge < -0.3 is 15.3 Å². The van der Waals surface area contributed by atoms with E-state index in [1.54, 1.807) is 29.2 Å². The van der Waals surface area contributed by atoms with Crippen LogP contribution >= 0.6 is 0 Å². The second kappa shape index (κ2) is 6.61. The summed E-state index contributed by atoms with van der Waals surface area (Å²) < 4.78 is 0. The van der Waals surface area contributed by atoms with Crippen molar-refractivity contribution in [2.45, 2.75) is 19.8 Å². The van der Waals surface area contributed by atoms with Gasteiger partial charge in [-0.1, -0.05) is 19.1 Å². The zero-order chi connectivity index (χ0) is 15.4. The highest BCUT2D eigenvalue weighted by molar-refractivity contribution is 5.87. The predicted octanol–water partition coefficient (Wildman–Crippen LogP) is 2.22. The summed E-state index contributed by atoms with van der Waals surface area (Å²) >= 11 is 0. The topological polar surface area (TPSA) is 69.6 Å². The van der Waals surface area contributed by atoms with Gasteiger partial charge in [-0.15, -0.1) is 0 Å². The van der Waals surface area contributed by atoms with Crippen molar-refractivity contribution in [2.24, 2.45) is 11.8 Å². The van der Waals surface area contributed by atoms with Crippen LogP contribution in [0.2, 0.25) is 0 Å². The second-order valence-electron chi connectivity index (χ2n) is 5.84. The first-order valence-electron chi connectivity index (χ1n) is 7.28. The standard InChI is InChI=1S/C16H22N2O3/c1-11-9-14(11)10-18(2)16(21)17-8-7-12-3-5-13(6-4-12)15(19)20/h3-6,11,14H,7-10H2,1-2H3,(H,17,21)(H,19,20). The van der Waals surface area contributed by atoms with E-state index in [0.29, 0.717) is 18.9 Å². The van der Waals surface area contributed by atoms with Gasteiger partial charge in [-0.2, -0.15) is 0 Å². The largest absolute Gasteiger partial charge is 0.478 e. The summed E-state index contributed by atoms with van der Waals surface area (Å²) in [6.07, 6.45) is 1.91. The molecule has 5 heteroatoms. The van der Waals surface area contributed by atoms with E-state index in [9.17, 15) is 9.59 Å². The number of hydrogen-bond donors (Lipinski definition) is 2. The van der Waals surface area contributed by atoms with Crippen molar-refractivity contribution in [2.75, 3.05) is 20.1 Å². The number of aromatic carboxylic acids is 1. The van der Waals surface area contributed by atoms with Gasteiger partial charge in [0.1, 0.15) is 0 Å². The summed E-state index contributed by atoms with van der Waals surface area (Å²) in [6.45, 7) is 3.58. The van der Waals surface area contributed by atoms with Gasteiger partial charge in [-0.3, -0.25) is 0 Å². The molecule has 21 heavy (non-hydrogen) atoms. The fourth-order valence-electron chi connectivity index (χ4n) is 2.35. The lowest BCUT2D eigenvalue weighted by Gasteiger charge is -2.17. The second-order valence-corrected chi connectivity index (χ2v) is 5.84. The first kappa shape index (κ1) is 15.4. The van der Waals surface area contributed by atoms with Gasteiger partial charge in [-0.05, 0) is 42.4 Å². The number of carboxylic acids is 1. The Hall–Kier alpha value is -2.04. The molecule has 0 bridgehead atoms. The van der Waals surface area contributed by atoms with E-state index in [4.69, 9.17) is 5.11 Å². The molecule has 114 valence electrons. The van der Waals surface area contributed by atoms with E-state index in [-0.39, 0.29) is 11.6 Å². The van der Waals surface area contributed by atoms with Crippen LogP contribution in [0.15, 0.2) is 24.3 Å². The molecule has 0 aliphatic heterocycles. The molecule has 2 unspecified atom stereocenters. The number of nitrogens with one attached hydrogen (secondary N) is 1. The molecule has 1 aliphatic carbocycles. The molecule has 2 amide bonds. The molecule has 0 saturated heterocycles. The van der Waals surface area contributed by atoms with Gasteiger partial charge in [0, 0.05) is 20.1 Å². The lowest BCUT2D eigenvalue weighted by atomic mass is 10.1. The molecule has 2 atom stereocenters. The molecule has 1 aromatic carbocycles. The minimum absolute atomic E-state index is 0.0451. The van der Waals surface area contributed by atoms with Crippen molar-refractivity contribution in [1.29, 1.82) is 0 Å². The SMILES string of the molecule is CC1CC1CN(C)C(=O)NCCc1ccc(C(=O)O)cc1. The summed E-state index contributed by atoms with van der Waals surface area (Å²) in [5.41, 5.74) is 1.29. The summed E-state index contributed by atoms with van der Waals surface area (Å²) in [4.78, 5) is 24.4. The minimum Gasteiger partial charge on any atom is -0.478 e. The summed E-state index contributed by atoms with van der Waals surface area (Å²) in [5, 5.41) is 11.7. The number of hydrogen-bond acceptors (Lipinski definition) is 2. The van der Waals surface area contributed by atoms with E-state index >= 15 is 0 Å². The maximum absolute atomic E-state index is 11.9. The van der Waals surface area contributed by atoms with Crippen LogP contribution in [0.1, 0.15) is 29.3 Å². The van der Waals surface area contributed by atoms with Crippen LogP contribution in [0.5, 0.6) is 0 Å². The average molecular weight is 290 g/mol. The lowest BCUT2D eigenvalue weighted by molar-refractivity contribution is 0.0697. The monoisotopic (exact) mass is 290 g/mol. The molecular weight excluding hydrogens is 268 g/mol. The first-order chi connectivity index (χ1) is 9.97. The number of rotatable bonds is 6. The van der Waals surface area contributed by atoms with E-state index < -0.39 is 5.97 Å². The number of carboxylic acid groups (broad SMARTS) is 1. The number of carbonyl (C=O) groups excluding carboxylic acids is 1. The molecule has 5 nitrogen and oxygen atoms in total. The van der Waals surface area contributed by atoms with Crippen LogP contribution < -0.4 is 5.32 Å². The van der Waals surface area contributed by atoms with E-state index in [1.807, 2.05) is 7.05 Å². The van der Waals surface area contributed by atoms with Crippen molar-refractivity contribution in [3.05, 3.63) is 35.4 Å². The number of nitrogens with zero attached hydrogens (tertiary/aromatic N) is 1. The number of carbonyl (C=O) groups is 2. The highest BCUT2D eigenvalue weighted by atomic mass is 16.4. The average Bonchev–Trinajstić information content (AvgIpc) is 3.14. The highest BCUT2D eigenvalue weighted by Gasteiger charge is 2.34. The molecular formula is C16H22N2O3. The Morgan fingerprint density at radius 3 is 2.48 bits per heavy atom. The molecule has 1 fully saturated rings. The third kappa shape index (κ3) is 4.48. The summed E-state index contributed by atoms with van der Waals surface area (Å²) in [5.74, 6) is 0.475. The Kier molecular flexibility index (Phi) is 4.83. The highest BCUT2D eigenvalue weighted by Crippen LogP contribution is 2.37. The third-order valence-electron chi connectivity index (χ3n) is 4.02. The van der Waals surface area contributed by atoms with Crippen LogP contribution in [0.4, 0.5) is 4.79 Å². The van der Waals surface area contributed by atoms with Gasteiger partial charge in [0.25, 0.3) is 0 Å². The fraction of sp³-hybridized carbons (Fsp3) is 0.500. The van der Waals surface area contributed by atoms with Crippen molar-refractivity contribution in [1.82, 2.24) is 10.2 Å². The Balaban J connectivity index is 1.70. The van der Waals surface area contributed by atoms with Gasteiger partial charge in [-0.25, -0.2) is 9.59 Å². The maximum atomic E-state index is 11.9. The third-order valence-corrected chi connectivity index (χ3v) is 4.02. The molecule has 2 rings (SSSR count). The van der Waals surface area contributed by atoms with Gasteiger partial charge in [0.05, 0.1) is 5.56 Å². The van der Waals surface area contributed by atoms with E-state index in [1.165, 1.54) is 6.42 Å². The van der Waals surface area contributed by atoms with Crippen LogP contribution in [-0.2, 0) is 6.42 Å². The molecule has 1 saturated carbocycles. The molecule has 0 radical (unpaired) electrons. The van der Waals surface area contributed by atoms with Crippen LogP contribution in [0.3, 0.4) is 0 Å². The maximum Gasteiger partial charge on any atom is 0.335 e. The Labute approximate surface area is 125 Å². The van der Waals surface area contributed by atoms with E-state index in [0.717, 1.165) is 18.0 Å². The number of amides is 2. The van der Waals surface area contributed by atoms with Gasteiger partial charge in [0.15, 0.2) is 0 Å². The number of urea groups is 1. The summed E-state index contributed by atoms with van der Waals surface area (Å²) in [7, 11) is 1.82. The molecule has 2 N–H and O–H groups in total. The summed E-state index contributed by atoms with van der Waals surface area (Å²) in [6, 6.07) is 6.69. The molecule has 1 aliphatic rings. The smallest absolute Gasteiger partial charge is 0.335 e. The fourth-order valence-corrected chi connectivity index (χ4v) is 2.35. The van der Waals surface area contributed by atoms with E-state index in [2.05, 4.69) is 12.2 Å². The zero-order valence-corrected chi connectivity index (χ0v) is 12.5. The molecule has 1 aromatic rings. The lowest BCUT2D eigenvalue weighted by Crippen LogP contribution is -2.39. The van der Waals surface area contributed by atoms with Crippen molar-refractivity contribution in [3.63, 3.8) is 0 Å². The number of benzene rings is 1. The van der Waals surface area contributed by atoms with Crippen LogP contribution in [0, 0.1) is 11.8 Å². The van der Waals surface area contributed by atoms with Crippen molar-refractivity contribution in [3.8, 4) is 0 Å². The van der Waals surface area contributed by atoms with Crippen molar-refractivity contribution < 1.29 is 14.7 Å². The Morgan fingerprint density at radius 2 is 1.95 bits per heavy atom. The minimum atomic E-state index is -0.925. The van der Waals surface area contributed by atoms with Gasteiger partial charge in [0.2, 0.25) is 0 Å². The Bertz CT molecular complexity index is 513. The zero-order valence-electron chi connectivity index (χ0n) is 12.5. The van der Waals surface area contributed by atoms with Crippen molar-refractivity contribution >= 4 is 12.0 Å². The quantitative estimate of drug-likeness (QED) is 0.844. The Morgan fingerprint density at radius 1 is 1.33 bits per heavy atom. The van der Waals surface area contributed by atoms with Crippen LogP contribution in [0.25, 0.3) is 0 Å². The van der Waals surface area contributed by atoms with Gasteiger partial charge >= 0.3 is 12.0 Å². The first-order valence-corrected chi connectivity index (χ1v) is 7.28. The molecule has 0 heterocycles. The van der Waals surface area contributed by atoms with Crippen LogP contribution in [-0.4, -0.2) is 42.1 Å². The molecule has 0 spiro atoms. The normalized spacial score (nSPS) is 19.9. The predicted molar refractivity (Wildman–Crippen MR) is 80.4 cm³/mol.